The number of nitrogens with zero attached hydrogens (tertiary/aromatic N) is 3. The van der Waals surface area contributed by atoms with E-state index in [1.807, 2.05) is 0 Å². The van der Waals surface area contributed by atoms with E-state index in [9.17, 15) is 0 Å². The van der Waals surface area contributed by atoms with Crippen LogP contribution in [0.3, 0.4) is 0 Å². The Hall–Kier alpha value is -1.59. The van der Waals surface area contributed by atoms with Crippen LogP contribution in [-0.4, -0.2) is 16.2 Å². The Morgan fingerprint density at radius 1 is 1.00 bits per heavy atom. The van der Waals surface area contributed by atoms with Gasteiger partial charge in [0.05, 0.1) is 6.04 Å². The molecule has 0 unspecified atom stereocenters. The predicted molar refractivity (Wildman–Crippen MR) is 72.8 cm³/mol. The zero-order chi connectivity index (χ0) is 13.0. The number of hydrogen-bond donors (Lipinski definition) is 3. The zero-order valence-electron chi connectivity index (χ0n) is 10.9. The van der Waals surface area contributed by atoms with Crippen molar-refractivity contribution in [1.82, 2.24) is 10.2 Å². The molecule has 5 rings (SSSR count). The molecular formula is C13H20N6. The van der Waals surface area contributed by atoms with Crippen LogP contribution < -0.4 is 11.5 Å². The fourth-order valence-corrected chi connectivity index (χ4v) is 4.68. The smallest absolute Gasteiger partial charge is 0.175 e. The number of hydrogen-bond acceptors (Lipinski definition) is 5. The van der Waals surface area contributed by atoms with Gasteiger partial charge in [-0.15, -0.1) is 5.11 Å². The SMILES string of the molecule is Nc1n[nH]c(N)c1N=NC1C2CC3CC(C2)CC1C3. The number of aromatic nitrogens is 2. The molecule has 102 valence electrons. The van der Waals surface area contributed by atoms with Crippen molar-refractivity contribution in [3.05, 3.63) is 0 Å². The Labute approximate surface area is 112 Å². The molecule has 0 aliphatic heterocycles. The number of anilines is 2. The van der Waals surface area contributed by atoms with Crippen molar-refractivity contribution < 1.29 is 0 Å². The minimum atomic E-state index is 0.338. The van der Waals surface area contributed by atoms with E-state index >= 15 is 0 Å². The lowest BCUT2D eigenvalue weighted by atomic mass is 9.54. The van der Waals surface area contributed by atoms with Crippen molar-refractivity contribution in [2.45, 2.75) is 38.1 Å². The number of H-pyrrole nitrogens is 1. The average molecular weight is 260 g/mol. The van der Waals surface area contributed by atoms with E-state index in [1.54, 1.807) is 0 Å². The maximum absolute atomic E-state index is 5.75. The van der Waals surface area contributed by atoms with Gasteiger partial charge in [-0.1, -0.05) is 0 Å². The van der Waals surface area contributed by atoms with Gasteiger partial charge in [-0.3, -0.25) is 5.10 Å². The van der Waals surface area contributed by atoms with Crippen molar-refractivity contribution in [2.75, 3.05) is 11.5 Å². The second kappa shape index (κ2) is 3.95. The molecule has 6 nitrogen and oxygen atoms in total. The summed E-state index contributed by atoms with van der Waals surface area (Å²) in [4.78, 5) is 0. The summed E-state index contributed by atoms with van der Waals surface area (Å²) in [5.41, 5.74) is 12.0. The quantitative estimate of drug-likeness (QED) is 0.711. The molecule has 6 heteroatoms. The summed E-state index contributed by atoms with van der Waals surface area (Å²) in [5, 5.41) is 15.4. The van der Waals surface area contributed by atoms with Gasteiger partial charge in [-0.2, -0.15) is 10.2 Å². The molecule has 4 fully saturated rings. The fraction of sp³-hybridized carbons (Fsp3) is 0.769. The summed E-state index contributed by atoms with van der Waals surface area (Å²) in [6.07, 6.45) is 6.82. The maximum atomic E-state index is 5.75. The van der Waals surface area contributed by atoms with Crippen molar-refractivity contribution in [2.24, 2.45) is 33.9 Å². The van der Waals surface area contributed by atoms with Crippen LogP contribution in [0.1, 0.15) is 32.1 Å². The topological polar surface area (TPSA) is 105 Å². The van der Waals surface area contributed by atoms with Crippen LogP contribution in [0.25, 0.3) is 0 Å². The Bertz CT molecular complexity index is 472. The Morgan fingerprint density at radius 2 is 1.63 bits per heavy atom. The van der Waals surface area contributed by atoms with E-state index in [-0.39, 0.29) is 0 Å². The first-order valence-corrected chi connectivity index (χ1v) is 7.21. The van der Waals surface area contributed by atoms with Gasteiger partial charge in [0.1, 0.15) is 5.82 Å². The van der Waals surface area contributed by atoms with Crippen LogP contribution in [0.15, 0.2) is 10.2 Å². The number of nitrogens with two attached hydrogens (primary N) is 2. The first kappa shape index (κ1) is 11.3. The molecule has 0 atom stereocenters. The number of rotatable bonds is 2. The number of nitrogen functional groups attached to an aromatic ring is 2. The molecular weight excluding hydrogens is 240 g/mol. The lowest BCUT2D eigenvalue weighted by Crippen LogP contribution is -2.47. The standard InChI is InChI=1S/C13H20N6/c14-12-11(13(15)19-18-12)17-16-10-8-2-6-1-7(4-8)5-9(10)3-6/h6-10H,1-5H2,(H5,14,15,18,19). The molecule has 4 saturated carbocycles. The Morgan fingerprint density at radius 3 is 2.16 bits per heavy atom. The lowest BCUT2D eigenvalue weighted by Gasteiger charge is -2.52. The number of azo groups is 1. The van der Waals surface area contributed by atoms with E-state index < -0.39 is 0 Å². The summed E-state index contributed by atoms with van der Waals surface area (Å²) in [6.45, 7) is 0. The van der Waals surface area contributed by atoms with Crippen LogP contribution in [0.2, 0.25) is 0 Å². The van der Waals surface area contributed by atoms with E-state index in [0.29, 0.717) is 23.4 Å². The molecule has 1 heterocycles. The molecule has 19 heavy (non-hydrogen) atoms. The Kier molecular flexibility index (Phi) is 2.34. The lowest BCUT2D eigenvalue weighted by molar-refractivity contribution is -0.000934. The number of aromatic amines is 1. The summed E-state index contributed by atoms with van der Waals surface area (Å²) >= 11 is 0. The van der Waals surface area contributed by atoms with Crippen molar-refractivity contribution in [3.8, 4) is 0 Å². The van der Waals surface area contributed by atoms with E-state index in [1.165, 1.54) is 32.1 Å². The van der Waals surface area contributed by atoms with E-state index in [2.05, 4.69) is 20.4 Å². The third-order valence-electron chi connectivity index (χ3n) is 5.26. The van der Waals surface area contributed by atoms with E-state index in [0.717, 1.165) is 23.7 Å². The monoisotopic (exact) mass is 260 g/mol. The van der Waals surface area contributed by atoms with Crippen LogP contribution in [0, 0.1) is 23.7 Å². The minimum absolute atomic E-state index is 0.338. The van der Waals surface area contributed by atoms with Gasteiger partial charge >= 0.3 is 0 Å². The molecule has 4 aliphatic carbocycles. The fourth-order valence-electron chi connectivity index (χ4n) is 4.68. The zero-order valence-corrected chi connectivity index (χ0v) is 10.9. The van der Waals surface area contributed by atoms with Crippen molar-refractivity contribution in [1.29, 1.82) is 0 Å². The van der Waals surface area contributed by atoms with E-state index in [4.69, 9.17) is 11.5 Å². The van der Waals surface area contributed by atoms with Crippen LogP contribution in [-0.2, 0) is 0 Å². The van der Waals surface area contributed by atoms with Gasteiger partial charge in [-0.25, -0.2) is 0 Å². The summed E-state index contributed by atoms with van der Waals surface area (Å²) in [7, 11) is 0. The maximum Gasteiger partial charge on any atom is 0.175 e. The van der Waals surface area contributed by atoms with Crippen molar-refractivity contribution in [3.63, 3.8) is 0 Å². The molecule has 0 aromatic carbocycles. The minimum Gasteiger partial charge on any atom is -0.382 e. The molecule has 0 saturated heterocycles. The Balaban J connectivity index is 1.57. The largest absolute Gasteiger partial charge is 0.382 e. The normalized spacial score (nSPS) is 40.3. The second-order valence-corrected chi connectivity index (χ2v) is 6.51. The highest BCUT2D eigenvalue weighted by atomic mass is 15.2. The molecule has 5 N–H and O–H groups in total. The van der Waals surface area contributed by atoms with Gasteiger partial charge < -0.3 is 11.5 Å². The highest BCUT2D eigenvalue weighted by Gasteiger charge is 2.48. The highest BCUT2D eigenvalue weighted by Crippen LogP contribution is 2.55. The number of nitrogens with one attached hydrogen (secondary N) is 1. The second-order valence-electron chi connectivity index (χ2n) is 6.51. The van der Waals surface area contributed by atoms with Gasteiger partial charge in [-0.05, 0) is 55.8 Å². The molecule has 4 aliphatic rings. The van der Waals surface area contributed by atoms with Crippen LogP contribution >= 0.6 is 0 Å². The highest BCUT2D eigenvalue weighted by molar-refractivity contribution is 5.69. The predicted octanol–water partition coefficient (Wildman–Crippen LogP) is 2.48. The van der Waals surface area contributed by atoms with Gasteiger partial charge in [0, 0.05) is 0 Å². The molecule has 1 aromatic rings. The third kappa shape index (κ3) is 1.73. The molecule has 0 radical (unpaired) electrons. The molecule has 1 aromatic heterocycles. The van der Waals surface area contributed by atoms with Gasteiger partial charge in [0.25, 0.3) is 0 Å². The first-order valence-electron chi connectivity index (χ1n) is 7.21. The van der Waals surface area contributed by atoms with Gasteiger partial charge in [0.2, 0.25) is 0 Å². The third-order valence-corrected chi connectivity index (χ3v) is 5.26. The molecule has 0 spiro atoms. The van der Waals surface area contributed by atoms with Crippen molar-refractivity contribution >= 4 is 17.3 Å². The summed E-state index contributed by atoms with van der Waals surface area (Å²) < 4.78 is 0. The summed E-state index contributed by atoms with van der Waals surface area (Å²) in [5.74, 6) is 4.12. The van der Waals surface area contributed by atoms with Crippen LogP contribution in [0.5, 0.6) is 0 Å². The summed E-state index contributed by atoms with van der Waals surface area (Å²) in [6, 6.07) is 0.376. The van der Waals surface area contributed by atoms with Crippen LogP contribution in [0.4, 0.5) is 17.3 Å². The first-order chi connectivity index (χ1) is 9.20. The molecule has 4 bridgehead atoms. The van der Waals surface area contributed by atoms with Gasteiger partial charge in [0.15, 0.2) is 11.5 Å². The average Bonchev–Trinajstić information content (AvgIpc) is 2.68. The molecule has 0 amide bonds.